The van der Waals surface area contributed by atoms with Gasteiger partial charge in [-0.05, 0) is 50.8 Å². The lowest BCUT2D eigenvalue weighted by molar-refractivity contribution is -0.384. The van der Waals surface area contributed by atoms with E-state index in [2.05, 4.69) is 5.32 Å². The van der Waals surface area contributed by atoms with E-state index in [-0.39, 0.29) is 22.9 Å². The summed E-state index contributed by atoms with van der Waals surface area (Å²) in [6, 6.07) is 14.0. The maximum Gasteiger partial charge on any atom is 0.269 e. The topological polar surface area (TPSA) is 81.5 Å². The van der Waals surface area contributed by atoms with Crippen LogP contribution in [0.1, 0.15) is 38.2 Å². The van der Waals surface area contributed by atoms with Crippen molar-refractivity contribution in [3.63, 3.8) is 0 Å². The van der Waals surface area contributed by atoms with Gasteiger partial charge in [-0.2, -0.15) is 0 Å². The molecule has 1 atom stereocenters. The van der Waals surface area contributed by atoms with Crippen LogP contribution in [0.25, 0.3) is 0 Å². The van der Waals surface area contributed by atoms with E-state index < -0.39 is 4.92 Å². The predicted octanol–water partition coefficient (Wildman–Crippen LogP) is 4.71. The normalized spacial score (nSPS) is 15.2. The Labute approximate surface area is 168 Å². The van der Waals surface area contributed by atoms with Crippen LogP contribution in [0.4, 0.5) is 5.69 Å². The fourth-order valence-electron chi connectivity index (χ4n) is 3.18. The molecule has 0 aromatic heterocycles. The largest absolute Gasteiger partial charge is 0.490 e. The lowest BCUT2D eigenvalue weighted by Crippen LogP contribution is -2.30. The average Bonchev–Trinajstić information content (AvgIpc) is 3.20. The molecule has 0 heterocycles. The van der Waals surface area contributed by atoms with Crippen LogP contribution in [0.3, 0.4) is 0 Å². The zero-order chi connectivity index (χ0) is 19.9. The lowest BCUT2D eigenvalue weighted by Gasteiger charge is -2.17. The third kappa shape index (κ3) is 5.48. The number of carbonyl (C=O) groups excluding carboxylic acids is 1. The van der Waals surface area contributed by atoms with E-state index in [1.165, 1.54) is 36.7 Å². The lowest BCUT2D eigenvalue weighted by atomic mass is 10.2. The van der Waals surface area contributed by atoms with Crippen LogP contribution in [0.5, 0.6) is 5.75 Å². The third-order valence-corrected chi connectivity index (χ3v) is 5.86. The molecule has 0 spiro atoms. The number of non-ortho nitro benzene ring substituents is 1. The van der Waals surface area contributed by atoms with Crippen LogP contribution in [-0.4, -0.2) is 22.2 Å². The molecule has 2 aromatic carbocycles. The molecule has 2 aromatic rings. The Morgan fingerprint density at radius 3 is 2.57 bits per heavy atom. The van der Waals surface area contributed by atoms with Crippen molar-refractivity contribution in [3.8, 4) is 5.75 Å². The average molecular weight is 401 g/mol. The first kappa shape index (κ1) is 20.2. The van der Waals surface area contributed by atoms with E-state index in [9.17, 15) is 14.9 Å². The van der Waals surface area contributed by atoms with E-state index in [0.717, 1.165) is 29.1 Å². The molecule has 0 aliphatic heterocycles. The minimum Gasteiger partial charge on any atom is -0.490 e. The number of benzene rings is 2. The van der Waals surface area contributed by atoms with E-state index in [1.807, 2.05) is 31.2 Å². The van der Waals surface area contributed by atoms with Crippen LogP contribution in [0, 0.1) is 10.1 Å². The van der Waals surface area contributed by atoms with Crippen LogP contribution >= 0.6 is 11.8 Å². The van der Waals surface area contributed by atoms with Crippen molar-refractivity contribution in [2.75, 3.05) is 0 Å². The van der Waals surface area contributed by atoms with E-state index in [0.29, 0.717) is 6.54 Å². The first-order chi connectivity index (χ1) is 13.5. The summed E-state index contributed by atoms with van der Waals surface area (Å²) in [5.74, 6) is 0.754. The Kier molecular flexibility index (Phi) is 6.92. The number of carbonyl (C=O) groups is 1. The van der Waals surface area contributed by atoms with Crippen molar-refractivity contribution in [3.05, 3.63) is 64.2 Å². The van der Waals surface area contributed by atoms with E-state index >= 15 is 0 Å². The van der Waals surface area contributed by atoms with Gasteiger partial charge in [0.15, 0.2) is 0 Å². The van der Waals surface area contributed by atoms with Gasteiger partial charge in [0.25, 0.3) is 5.69 Å². The minimum absolute atomic E-state index is 0.0420. The van der Waals surface area contributed by atoms with Gasteiger partial charge >= 0.3 is 0 Å². The summed E-state index contributed by atoms with van der Waals surface area (Å²) in [6.07, 6.45) is 4.86. The number of nitro benzene ring substituents is 1. The number of para-hydroxylation sites is 1. The molecule has 1 N–H and O–H groups in total. The Morgan fingerprint density at radius 2 is 1.89 bits per heavy atom. The van der Waals surface area contributed by atoms with Gasteiger partial charge < -0.3 is 10.1 Å². The Morgan fingerprint density at radius 1 is 1.21 bits per heavy atom. The Balaban J connectivity index is 1.54. The highest BCUT2D eigenvalue weighted by atomic mass is 32.2. The zero-order valence-corrected chi connectivity index (χ0v) is 16.6. The second-order valence-electron chi connectivity index (χ2n) is 6.86. The van der Waals surface area contributed by atoms with Gasteiger partial charge in [-0.15, -0.1) is 11.8 Å². The molecule has 28 heavy (non-hydrogen) atoms. The van der Waals surface area contributed by atoms with Gasteiger partial charge in [-0.3, -0.25) is 14.9 Å². The molecule has 1 aliphatic rings. The summed E-state index contributed by atoms with van der Waals surface area (Å²) in [5, 5.41) is 13.4. The monoisotopic (exact) mass is 400 g/mol. The second kappa shape index (κ2) is 9.59. The number of hydrogen-bond donors (Lipinski definition) is 1. The van der Waals surface area contributed by atoms with Gasteiger partial charge in [-0.25, -0.2) is 0 Å². The fourth-order valence-corrected chi connectivity index (χ4v) is 4.07. The van der Waals surface area contributed by atoms with Crippen molar-refractivity contribution >= 4 is 23.4 Å². The Bertz CT molecular complexity index is 819. The molecule has 0 radical (unpaired) electrons. The van der Waals surface area contributed by atoms with Gasteiger partial charge in [0.2, 0.25) is 5.91 Å². The second-order valence-corrected chi connectivity index (χ2v) is 8.28. The number of hydrogen-bond acceptors (Lipinski definition) is 5. The number of nitrogens with zero attached hydrogens (tertiary/aromatic N) is 1. The van der Waals surface area contributed by atoms with E-state index in [4.69, 9.17) is 4.74 Å². The molecular weight excluding hydrogens is 376 g/mol. The predicted molar refractivity (Wildman–Crippen MR) is 110 cm³/mol. The number of rotatable bonds is 8. The molecule has 148 valence electrons. The van der Waals surface area contributed by atoms with E-state index in [1.54, 1.807) is 12.1 Å². The van der Waals surface area contributed by atoms with Crippen LogP contribution in [0.2, 0.25) is 0 Å². The molecular formula is C21H24N2O4S. The number of nitro groups is 1. The molecule has 6 nitrogen and oxygen atoms in total. The first-order valence-electron chi connectivity index (χ1n) is 9.46. The molecule has 1 fully saturated rings. The van der Waals surface area contributed by atoms with Crippen molar-refractivity contribution in [2.45, 2.75) is 55.4 Å². The summed E-state index contributed by atoms with van der Waals surface area (Å²) < 4.78 is 6.11. The van der Waals surface area contributed by atoms with Crippen molar-refractivity contribution < 1.29 is 14.5 Å². The maximum atomic E-state index is 12.5. The van der Waals surface area contributed by atoms with Crippen LogP contribution < -0.4 is 10.1 Å². The minimum atomic E-state index is -0.435. The van der Waals surface area contributed by atoms with Gasteiger partial charge in [-0.1, -0.05) is 18.2 Å². The summed E-state index contributed by atoms with van der Waals surface area (Å²) in [6.45, 7) is 2.23. The molecule has 1 amide bonds. The summed E-state index contributed by atoms with van der Waals surface area (Å²) in [5.41, 5.74) is 1.01. The number of amides is 1. The highest BCUT2D eigenvalue weighted by Crippen LogP contribution is 2.28. The number of nitrogens with one attached hydrogen (secondary N) is 1. The SMILES string of the molecule is CC(Sc1ccc([N+](=O)[O-])cc1)C(=O)NCc1ccccc1OC1CCCC1. The van der Waals surface area contributed by atoms with Crippen LogP contribution in [-0.2, 0) is 11.3 Å². The highest BCUT2D eigenvalue weighted by Gasteiger charge is 2.19. The molecule has 3 rings (SSSR count). The summed E-state index contributed by atoms with van der Waals surface area (Å²) >= 11 is 1.37. The first-order valence-corrected chi connectivity index (χ1v) is 10.3. The zero-order valence-electron chi connectivity index (χ0n) is 15.8. The Hall–Kier alpha value is -2.54. The van der Waals surface area contributed by atoms with Crippen molar-refractivity contribution in [1.29, 1.82) is 0 Å². The molecule has 1 unspecified atom stereocenters. The number of ether oxygens (including phenoxy) is 1. The summed E-state index contributed by atoms with van der Waals surface area (Å²) in [4.78, 5) is 23.6. The third-order valence-electron chi connectivity index (χ3n) is 4.75. The molecule has 1 saturated carbocycles. The molecule has 1 aliphatic carbocycles. The van der Waals surface area contributed by atoms with Crippen molar-refractivity contribution in [2.24, 2.45) is 0 Å². The number of thioether (sulfide) groups is 1. The quantitative estimate of drug-likeness (QED) is 0.394. The fraction of sp³-hybridized carbons (Fsp3) is 0.381. The van der Waals surface area contributed by atoms with Crippen molar-refractivity contribution in [1.82, 2.24) is 5.32 Å². The molecule has 0 bridgehead atoms. The summed E-state index contributed by atoms with van der Waals surface area (Å²) in [7, 11) is 0. The van der Waals surface area contributed by atoms with Gasteiger partial charge in [0.05, 0.1) is 16.3 Å². The van der Waals surface area contributed by atoms with Gasteiger partial charge in [0, 0.05) is 29.1 Å². The smallest absolute Gasteiger partial charge is 0.269 e. The van der Waals surface area contributed by atoms with Gasteiger partial charge in [0.1, 0.15) is 5.75 Å². The highest BCUT2D eigenvalue weighted by molar-refractivity contribution is 8.00. The maximum absolute atomic E-state index is 12.5. The standard InChI is InChI=1S/C21H24N2O4S/c1-15(28-19-12-10-17(11-13-19)23(25)26)21(24)22-14-16-6-2-5-9-20(16)27-18-7-3-4-8-18/h2,5-6,9-13,15,18H,3-4,7-8,14H2,1H3,(H,22,24). The molecule has 0 saturated heterocycles. The molecule has 7 heteroatoms. The van der Waals surface area contributed by atoms with Crippen LogP contribution in [0.15, 0.2) is 53.4 Å².